The van der Waals surface area contributed by atoms with Gasteiger partial charge in [-0.1, -0.05) is 54.1 Å². The van der Waals surface area contributed by atoms with Crippen LogP contribution in [0.2, 0.25) is 5.02 Å². The number of anilines is 1. The van der Waals surface area contributed by atoms with Crippen molar-refractivity contribution in [3.63, 3.8) is 0 Å². The molecule has 0 radical (unpaired) electrons. The van der Waals surface area contributed by atoms with Crippen LogP contribution in [0, 0.1) is 6.92 Å². The Morgan fingerprint density at radius 3 is 2.54 bits per heavy atom. The fraction of sp³-hybridized carbons (Fsp3) is 0.100. The highest BCUT2D eigenvalue weighted by Crippen LogP contribution is 2.31. The highest BCUT2D eigenvalue weighted by molar-refractivity contribution is 7.21. The Hall–Kier alpha value is -3.60. The third-order valence-electron chi connectivity index (χ3n) is 6.33. The van der Waals surface area contributed by atoms with Gasteiger partial charge < -0.3 is 9.88 Å². The summed E-state index contributed by atoms with van der Waals surface area (Å²) in [4.78, 5) is 4.81. The maximum atomic E-state index is 6.43. The van der Waals surface area contributed by atoms with Crippen LogP contribution in [0.4, 0.5) is 5.69 Å². The molecule has 1 N–H and O–H groups in total. The van der Waals surface area contributed by atoms with Crippen LogP contribution in [0.3, 0.4) is 0 Å². The maximum Gasteiger partial charge on any atom is 0.124 e. The number of thiazole rings is 1. The van der Waals surface area contributed by atoms with E-state index in [1.165, 1.54) is 26.7 Å². The molecule has 6 aromatic rings. The summed E-state index contributed by atoms with van der Waals surface area (Å²) in [5, 5.41) is 6.71. The van der Waals surface area contributed by atoms with Gasteiger partial charge in [-0.05, 0) is 72.1 Å². The zero-order valence-electron chi connectivity index (χ0n) is 19.3. The third kappa shape index (κ3) is 4.43. The number of benzene rings is 4. The van der Waals surface area contributed by atoms with Crippen molar-refractivity contribution in [2.75, 3.05) is 5.32 Å². The van der Waals surface area contributed by atoms with E-state index in [1.807, 2.05) is 18.2 Å². The number of hydrogen-bond acceptors (Lipinski definition) is 3. The van der Waals surface area contributed by atoms with Crippen LogP contribution in [-0.2, 0) is 13.1 Å². The van der Waals surface area contributed by atoms with Crippen LogP contribution in [0.5, 0.6) is 0 Å². The Morgan fingerprint density at radius 1 is 0.886 bits per heavy atom. The van der Waals surface area contributed by atoms with Crippen molar-refractivity contribution in [3.05, 3.63) is 119 Å². The van der Waals surface area contributed by atoms with E-state index in [4.69, 9.17) is 16.6 Å². The molecule has 0 spiro atoms. The smallest absolute Gasteiger partial charge is 0.124 e. The monoisotopic (exact) mass is 493 g/mol. The quantitative estimate of drug-likeness (QED) is 0.252. The zero-order valence-corrected chi connectivity index (χ0v) is 20.9. The summed E-state index contributed by atoms with van der Waals surface area (Å²) in [5.41, 5.74) is 8.16. The summed E-state index contributed by atoms with van der Waals surface area (Å²) in [7, 11) is 0. The van der Waals surface area contributed by atoms with Crippen molar-refractivity contribution in [1.29, 1.82) is 0 Å². The van der Waals surface area contributed by atoms with Gasteiger partial charge in [0.05, 0.1) is 10.2 Å². The lowest BCUT2D eigenvalue weighted by Crippen LogP contribution is -2.00. The molecule has 0 aliphatic rings. The Morgan fingerprint density at radius 2 is 1.69 bits per heavy atom. The third-order valence-corrected chi connectivity index (χ3v) is 7.76. The molecule has 4 aromatic carbocycles. The van der Waals surface area contributed by atoms with Crippen LogP contribution in [-0.4, -0.2) is 9.55 Å². The SMILES string of the molecule is Cc1ccc2nc(-c3ccc(NCc4cn(Cc5ccccc5Cl)c5ccccc45)cc3)sc2c1. The minimum atomic E-state index is 0.746. The van der Waals surface area contributed by atoms with Gasteiger partial charge in [-0.25, -0.2) is 4.98 Å². The molecule has 0 aliphatic heterocycles. The number of para-hydroxylation sites is 1. The molecule has 0 unspecified atom stereocenters. The highest BCUT2D eigenvalue weighted by atomic mass is 35.5. The first kappa shape index (κ1) is 21.9. The summed E-state index contributed by atoms with van der Waals surface area (Å²) in [6.45, 7) is 3.61. The summed E-state index contributed by atoms with van der Waals surface area (Å²) in [5.74, 6) is 0. The Kier molecular flexibility index (Phi) is 5.77. The second kappa shape index (κ2) is 9.21. The van der Waals surface area contributed by atoms with Gasteiger partial charge in [0.15, 0.2) is 0 Å². The van der Waals surface area contributed by atoms with E-state index in [1.54, 1.807) is 11.3 Å². The molecule has 0 bridgehead atoms. The molecule has 5 heteroatoms. The van der Waals surface area contributed by atoms with E-state index in [0.717, 1.165) is 45.5 Å². The molecule has 6 rings (SSSR count). The average Bonchev–Trinajstić information content (AvgIpc) is 3.46. The molecule has 0 saturated carbocycles. The number of fused-ring (bicyclic) bond motifs is 2. The molecule has 2 heterocycles. The summed E-state index contributed by atoms with van der Waals surface area (Å²) >= 11 is 8.17. The number of nitrogens with one attached hydrogen (secondary N) is 1. The van der Waals surface area contributed by atoms with E-state index >= 15 is 0 Å². The molecule has 0 atom stereocenters. The zero-order chi connectivity index (χ0) is 23.8. The largest absolute Gasteiger partial charge is 0.381 e. The molecule has 172 valence electrons. The minimum Gasteiger partial charge on any atom is -0.381 e. The predicted molar refractivity (Wildman–Crippen MR) is 150 cm³/mol. The number of halogens is 1. The Labute approximate surface area is 213 Å². The lowest BCUT2D eigenvalue weighted by molar-refractivity contribution is 0.831. The van der Waals surface area contributed by atoms with E-state index in [2.05, 4.69) is 95.8 Å². The molecule has 0 fully saturated rings. The van der Waals surface area contributed by atoms with Gasteiger partial charge in [0.25, 0.3) is 0 Å². The minimum absolute atomic E-state index is 0.746. The van der Waals surface area contributed by atoms with Crippen LogP contribution < -0.4 is 5.32 Å². The first-order chi connectivity index (χ1) is 17.1. The fourth-order valence-electron chi connectivity index (χ4n) is 4.49. The van der Waals surface area contributed by atoms with Crippen LogP contribution >= 0.6 is 22.9 Å². The van der Waals surface area contributed by atoms with Crippen molar-refractivity contribution in [1.82, 2.24) is 9.55 Å². The highest BCUT2D eigenvalue weighted by Gasteiger charge is 2.11. The second-order valence-electron chi connectivity index (χ2n) is 8.81. The molecule has 3 nitrogen and oxygen atoms in total. The van der Waals surface area contributed by atoms with Crippen molar-refractivity contribution in [2.45, 2.75) is 20.0 Å². The summed E-state index contributed by atoms with van der Waals surface area (Å²) < 4.78 is 3.52. The van der Waals surface area contributed by atoms with E-state index < -0.39 is 0 Å². The number of aromatic nitrogens is 2. The topological polar surface area (TPSA) is 29.9 Å². The van der Waals surface area contributed by atoms with Gasteiger partial charge in [0, 0.05) is 46.5 Å². The fourth-order valence-corrected chi connectivity index (χ4v) is 5.75. The van der Waals surface area contributed by atoms with E-state index in [-0.39, 0.29) is 0 Å². The van der Waals surface area contributed by atoms with Gasteiger partial charge >= 0.3 is 0 Å². The molecule has 2 aromatic heterocycles. The van der Waals surface area contributed by atoms with Crippen molar-refractivity contribution >= 4 is 49.7 Å². The molecule has 0 amide bonds. The van der Waals surface area contributed by atoms with Crippen molar-refractivity contribution in [2.24, 2.45) is 0 Å². The second-order valence-corrected chi connectivity index (χ2v) is 10.2. The summed E-state index contributed by atoms with van der Waals surface area (Å²) in [6, 6.07) is 31.6. The lowest BCUT2D eigenvalue weighted by Gasteiger charge is -2.07. The van der Waals surface area contributed by atoms with E-state index in [0.29, 0.717) is 0 Å². The number of rotatable bonds is 6. The standard InChI is InChI=1S/C30H24ClN3S/c1-20-10-15-27-29(16-20)35-30(33-27)21-11-13-24(14-12-21)32-17-23-19-34(28-9-5-3-7-25(23)28)18-22-6-2-4-8-26(22)31/h2-16,19,32H,17-18H2,1H3. The predicted octanol–water partition coefficient (Wildman–Crippen LogP) is 8.54. The Balaban J connectivity index is 1.22. The molecule has 35 heavy (non-hydrogen) atoms. The van der Waals surface area contributed by atoms with Gasteiger partial charge in [0.2, 0.25) is 0 Å². The van der Waals surface area contributed by atoms with Gasteiger partial charge in [0.1, 0.15) is 5.01 Å². The summed E-state index contributed by atoms with van der Waals surface area (Å²) in [6.07, 6.45) is 2.23. The number of aryl methyl sites for hydroxylation is 1. The average molecular weight is 494 g/mol. The van der Waals surface area contributed by atoms with Gasteiger partial charge in [-0.2, -0.15) is 0 Å². The first-order valence-corrected chi connectivity index (χ1v) is 12.9. The van der Waals surface area contributed by atoms with Gasteiger partial charge in [-0.15, -0.1) is 11.3 Å². The number of nitrogens with zero attached hydrogens (tertiary/aromatic N) is 2. The van der Waals surface area contributed by atoms with Crippen LogP contribution in [0.1, 0.15) is 16.7 Å². The lowest BCUT2D eigenvalue weighted by atomic mass is 10.1. The van der Waals surface area contributed by atoms with Crippen LogP contribution in [0.15, 0.2) is 97.2 Å². The first-order valence-electron chi connectivity index (χ1n) is 11.7. The molecule has 0 aliphatic carbocycles. The van der Waals surface area contributed by atoms with E-state index in [9.17, 15) is 0 Å². The van der Waals surface area contributed by atoms with Gasteiger partial charge in [-0.3, -0.25) is 0 Å². The molecular formula is C30H24ClN3S. The maximum absolute atomic E-state index is 6.43. The normalized spacial score (nSPS) is 11.4. The van der Waals surface area contributed by atoms with Crippen molar-refractivity contribution < 1.29 is 0 Å². The Bertz CT molecular complexity index is 1650. The van der Waals surface area contributed by atoms with Crippen LogP contribution in [0.25, 0.3) is 31.7 Å². The molecular weight excluding hydrogens is 470 g/mol. The number of hydrogen-bond donors (Lipinski definition) is 1. The van der Waals surface area contributed by atoms with Crippen molar-refractivity contribution in [3.8, 4) is 10.6 Å². The molecule has 0 saturated heterocycles.